The summed E-state index contributed by atoms with van der Waals surface area (Å²) in [6.07, 6.45) is 4.92. The Bertz CT molecular complexity index is 675. The number of carbonyl (C=O) groups excluding carboxylic acids is 1. The van der Waals surface area contributed by atoms with Crippen LogP contribution in [-0.2, 0) is 6.42 Å². The van der Waals surface area contributed by atoms with Crippen LogP contribution in [0, 0.1) is 0 Å². The molecule has 1 amide bonds. The van der Waals surface area contributed by atoms with E-state index in [4.69, 9.17) is 4.74 Å². The van der Waals surface area contributed by atoms with Crippen molar-refractivity contribution >= 4 is 12.0 Å². The molecule has 23 heavy (non-hydrogen) atoms. The third-order valence-electron chi connectivity index (χ3n) is 3.41. The van der Waals surface area contributed by atoms with Crippen LogP contribution in [0.3, 0.4) is 0 Å². The first-order chi connectivity index (χ1) is 11.1. The van der Waals surface area contributed by atoms with Crippen LogP contribution in [0.4, 0.5) is 0 Å². The number of ether oxygens (including phenoxy) is 1. The van der Waals surface area contributed by atoms with E-state index in [0.29, 0.717) is 5.56 Å². The number of methoxy groups -OCH3 is 1. The fourth-order valence-electron chi connectivity index (χ4n) is 2.29. The third-order valence-corrected chi connectivity index (χ3v) is 3.41. The highest BCUT2D eigenvalue weighted by Gasteiger charge is 2.09. The Morgan fingerprint density at radius 1 is 1.17 bits per heavy atom. The van der Waals surface area contributed by atoms with Crippen LogP contribution in [0.25, 0.3) is 6.08 Å². The predicted molar refractivity (Wildman–Crippen MR) is 94.8 cm³/mol. The molecule has 2 aromatic rings. The van der Waals surface area contributed by atoms with Crippen LogP contribution in [0.5, 0.6) is 5.75 Å². The van der Waals surface area contributed by atoms with E-state index in [1.54, 1.807) is 13.2 Å². The maximum Gasteiger partial charge on any atom is 0.251 e. The maximum absolute atomic E-state index is 12.1. The van der Waals surface area contributed by atoms with Crippen molar-refractivity contribution < 1.29 is 9.53 Å². The zero-order valence-electron chi connectivity index (χ0n) is 13.9. The van der Waals surface area contributed by atoms with Crippen molar-refractivity contribution in [3.05, 3.63) is 71.3 Å². The van der Waals surface area contributed by atoms with E-state index in [0.717, 1.165) is 17.7 Å². The van der Waals surface area contributed by atoms with E-state index in [1.807, 2.05) is 50.3 Å². The fourth-order valence-corrected chi connectivity index (χ4v) is 2.29. The van der Waals surface area contributed by atoms with Crippen molar-refractivity contribution in [1.29, 1.82) is 0 Å². The minimum atomic E-state index is -0.0691. The van der Waals surface area contributed by atoms with Crippen molar-refractivity contribution in [2.45, 2.75) is 26.3 Å². The quantitative estimate of drug-likeness (QED) is 0.873. The summed E-state index contributed by atoms with van der Waals surface area (Å²) < 4.78 is 5.38. The van der Waals surface area contributed by atoms with Crippen LogP contribution in [0.2, 0.25) is 0 Å². The number of hydrogen-bond acceptors (Lipinski definition) is 2. The zero-order chi connectivity index (χ0) is 16.7. The first-order valence-corrected chi connectivity index (χ1v) is 7.79. The summed E-state index contributed by atoms with van der Waals surface area (Å²) in [5.74, 6) is 0.691. The second-order valence-corrected chi connectivity index (χ2v) is 5.68. The normalized spacial score (nSPS) is 11.0. The lowest BCUT2D eigenvalue weighted by Crippen LogP contribution is -2.30. The molecule has 0 aliphatic carbocycles. The Kier molecular flexibility index (Phi) is 5.98. The molecule has 0 aliphatic heterocycles. The molecule has 0 bridgehead atoms. The first kappa shape index (κ1) is 16.8. The molecule has 0 spiro atoms. The number of nitrogens with one attached hydrogen (secondary N) is 1. The Hall–Kier alpha value is -2.55. The van der Waals surface area contributed by atoms with E-state index in [2.05, 4.69) is 23.5 Å². The molecule has 0 heterocycles. The van der Waals surface area contributed by atoms with Crippen LogP contribution >= 0.6 is 0 Å². The predicted octanol–water partition coefficient (Wildman–Crippen LogP) is 4.09. The van der Waals surface area contributed by atoms with Crippen molar-refractivity contribution in [1.82, 2.24) is 5.32 Å². The molecule has 0 radical (unpaired) electrons. The molecule has 2 aromatic carbocycles. The van der Waals surface area contributed by atoms with Gasteiger partial charge in [-0.1, -0.05) is 42.5 Å². The molecule has 0 aromatic heterocycles. The van der Waals surface area contributed by atoms with E-state index in [9.17, 15) is 4.79 Å². The minimum Gasteiger partial charge on any atom is -0.496 e. The molecule has 0 atom stereocenters. The molecule has 2 rings (SSSR count). The number of amides is 1. The highest BCUT2D eigenvalue weighted by molar-refractivity contribution is 5.95. The molecule has 3 nitrogen and oxygen atoms in total. The largest absolute Gasteiger partial charge is 0.496 e. The lowest BCUT2D eigenvalue weighted by atomic mass is 10.1. The summed E-state index contributed by atoms with van der Waals surface area (Å²) in [7, 11) is 1.64. The van der Waals surface area contributed by atoms with Crippen molar-refractivity contribution in [2.24, 2.45) is 0 Å². The van der Waals surface area contributed by atoms with E-state index in [-0.39, 0.29) is 11.9 Å². The van der Waals surface area contributed by atoms with Crippen molar-refractivity contribution in [3.8, 4) is 5.75 Å². The number of benzene rings is 2. The van der Waals surface area contributed by atoms with Gasteiger partial charge in [0.2, 0.25) is 0 Å². The molecule has 0 aliphatic rings. The highest BCUT2D eigenvalue weighted by Crippen LogP contribution is 2.22. The van der Waals surface area contributed by atoms with Gasteiger partial charge in [0.25, 0.3) is 5.91 Å². The van der Waals surface area contributed by atoms with E-state index in [1.165, 1.54) is 5.56 Å². The molecule has 120 valence electrons. The topological polar surface area (TPSA) is 38.3 Å². The molecule has 0 saturated carbocycles. The zero-order valence-corrected chi connectivity index (χ0v) is 13.9. The van der Waals surface area contributed by atoms with Crippen LogP contribution in [0.1, 0.15) is 35.3 Å². The lowest BCUT2D eigenvalue weighted by Gasteiger charge is -2.11. The summed E-state index contributed by atoms with van der Waals surface area (Å²) in [6, 6.07) is 15.8. The standard InChI is InChI=1S/C20H23NO2/c1-15(2)21-20(22)18-12-13-19(23-3)17(14-18)11-7-10-16-8-5-4-6-9-16/h4-9,11-15H,10H2,1-3H3,(H,21,22). The van der Waals surface area contributed by atoms with Gasteiger partial charge in [-0.05, 0) is 44.0 Å². The van der Waals surface area contributed by atoms with Gasteiger partial charge in [0.15, 0.2) is 0 Å². The van der Waals surface area contributed by atoms with Crippen molar-refractivity contribution in [2.75, 3.05) is 7.11 Å². The average molecular weight is 309 g/mol. The summed E-state index contributed by atoms with van der Waals surface area (Å²) in [6.45, 7) is 3.89. The number of allylic oxidation sites excluding steroid dienone is 1. The van der Waals surface area contributed by atoms with Crippen LogP contribution in [0.15, 0.2) is 54.6 Å². The van der Waals surface area contributed by atoms with E-state index < -0.39 is 0 Å². The Morgan fingerprint density at radius 3 is 2.57 bits per heavy atom. The van der Waals surface area contributed by atoms with Crippen LogP contribution in [-0.4, -0.2) is 19.1 Å². The lowest BCUT2D eigenvalue weighted by molar-refractivity contribution is 0.0943. The molecule has 3 heteroatoms. The van der Waals surface area contributed by atoms with Crippen molar-refractivity contribution in [3.63, 3.8) is 0 Å². The second-order valence-electron chi connectivity index (χ2n) is 5.68. The Balaban J connectivity index is 2.17. The smallest absolute Gasteiger partial charge is 0.251 e. The number of rotatable bonds is 6. The summed E-state index contributed by atoms with van der Waals surface area (Å²) in [5, 5.41) is 2.90. The molecular formula is C20H23NO2. The molecule has 1 N–H and O–H groups in total. The summed E-state index contributed by atoms with van der Waals surface area (Å²) in [5.41, 5.74) is 2.79. The van der Waals surface area contributed by atoms with Crippen LogP contribution < -0.4 is 10.1 Å². The first-order valence-electron chi connectivity index (χ1n) is 7.79. The molecular weight excluding hydrogens is 286 g/mol. The van der Waals surface area contributed by atoms with Gasteiger partial charge >= 0.3 is 0 Å². The Morgan fingerprint density at radius 2 is 1.91 bits per heavy atom. The molecule has 0 saturated heterocycles. The Labute approximate surface area is 138 Å². The van der Waals surface area contributed by atoms with Gasteiger partial charge in [0.1, 0.15) is 5.75 Å². The average Bonchev–Trinajstić information content (AvgIpc) is 2.55. The van der Waals surface area contributed by atoms with E-state index >= 15 is 0 Å². The monoisotopic (exact) mass is 309 g/mol. The highest BCUT2D eigenvalue weighted by atomic mass is 16.5. The van der Waals surface area contributed by atoms with Gasteiger partial charge in [-0.25, -0.2) is 0 Å². The molecule has 0 fully saturated rings. The molecule has 0 unspecified atom stereocenters. The van der Waals surface area contributed by atoms with Gasteiger partial charge in [-0.2, -0.15) is 0 Å². The minimum absolute atomic E-state index is 0.0691. The number of carbonyl (C=O) groups is 1. The number of hydrogen-bond donors (Lipinski definition) is 1. The third kappa shape index (κ3) is 4.99. The maximum atomic E-state index is 12.1. The van der Waals surface area contributed by atoms with Gasteiger partial charge < -0.3 is 10.1 Å². The summed E-state index contributed by atoms with van der Waals surface area (Å²) >= 11 is 0. The van der Waals surface area contributed by atoms with Gasteiger partial charge in [-0.3, -0.25) is 4.79 Å². The SMILES string of the molecule is COc1ccc(C(=O)NC(C)C)cc1C=CCc1ccccc1. The van der Waals surface area contributed by atoms with Gasteiger partial charge in [-0.15, -0.1) is 0 Å². The second kappa shape index (κ2) is 8.18. The summed E-state index contributed by atoms with van der Waals surface area (Å²) in [4.78, 5) is 12.1. The fraction of sp³-hybridized carbons (Fsp3) is 0.250. The van der Waals surface area contributed by atoms with Gasteiger partial charge in [0, 0.05) is 17.2 Å². The van der Waals surface area contributed by atoms with Gasteiger partial charge in [0.05, 0.1) is 7.11 Å².